The smallest absolute Gasteiger partial charge is 0.312 e. The molecule has 0 spiro atoms. The molecule has 2 aromatic rings. The summed E-state index contributed by atoms with van der Waals surface area (Å²) in [6, 6.07) is 5.42. The number of carbonyl (C=O) groups excluding carboxylic acids is 2. The number of hydrogen-bond donors (Lipinski definition) is 1. The van der Waals surface area contributed by atoms with E-state index in [1.807, 2.05) is 4.57 Å². The lowest BCUT2D eigenvalue weighted by molar-refractivity contribution is -0.147. The highest BCUT2D eigenvalue weighted by atomic mass is 19.1. The molecule has 0 fully saturated rings. The fourth-order valence-corrected chi connectivity index (χ4v) is 3.12. The summed E-state index contributed by atoms with van der Waals surface area (Å²) >= 11 is 0. The lowest BCUT2D eigenvalue weighted by Gasteiger charge is -2.29. The topological polar surface area (TPSA) is 80.1 Å². The van der Waals surface area contributed by atoms with Crippen LogP contribution in [0.5, 0.6) is 0 Å². The molecule has 0 unspecified atom stereocenters. The zero-order valence-corrected chi connectivity index (χ0v) is 16.0. The number of rotatable bonds is 2. The third kappa shape index (κ3) is 3.99. The molecule has 0 saturated heterocycles. The summed E-state index contributed by atoms with van der Waals surface area (Å²) in [6.45, 7) is 9.16. The Hall–Kier alpha value is -2.77. The third-order valence-corrected chi connectivity index (χ3v) is 4.62. The zero-order chi connectivity index (χ0) is 19.8. The van der Waals surface area contributed by atoms with Crippen LogP contribution >= 0.6 is 0 Å². The van der Waals surface area contributed by atoms with Gasteiger partial charge in [0.25, 0.3) is 0 Å². The highest BCUT2D eigenvalue weighted by molar-refractivity contribution is 6.35. The van der Waals surface area contributed by atoms with Crippen molar-refractivity contribution >= 4 is 11.8 Å². The van der Waals surface area contributed by atoms with Crippen LogP contribution in [0.15, 0.2) is 24.3 Å². The van der Waals surface area contributed by atoms with Crippen molar-refractivity contribution in [3.63, 3.8) is 0 Å². The molecule has 2 heterocycles. The summed E-state index contributed by atoms with van der Waals surface area (Å²) in [7, 11) is 0. The van der Waals surface area contributed by atoms with Crippen LogP contribution in [0.4, 0.5) is 4.39 Å². The van der Waals surface area contributed by atoms with E-state index >= 15 is 0 Å². The number of nitrogens with one attached hydrogen (secondary N) is 1. The summed E-state index contributed by atoms with van der Waals surface area (Å²) < 4.78 is 15.0. The van der Waals surface area contributed by atoms with Gasteiger partial charge in [-0.3, -0.25) is 9.59 Å². The molecule has 0 radical (unpaired) electrons. The largest absolute Gasteiger partial charge is 0.341 e. The molecule has 1 aliphatic heterocycles. The third-order valence-electron chi connectivity index (χ3n) is 4.62. The quantitative estimate of drug-likeness (QED) is 0.816. The van der Waals surface area contributed by atoms with E-state index in [4.69, 9.17) is 0 Å². The molecule has 3 rings (SSSR count). The number of fused-ring (bicyclic) bond motifs is 1. The van der Waals surface area contributed by atoms with E-state index in [0.29, 0.717) is 18.9 Å². The van der Waals surface area contributed by atoms with Gasteiger partial charge in [-0.1, -0.05) is 32.9 Å². The van der Waals surface area contributed by atoms with Crippen molar-refractivity contribution in [2.75, 3.05) is 6.54 Å². The zero-order valence-electron chi connectivity index (χ0n) is 16.0. The predicted octanol–water partition coefficient (Wildman–Crippen LogP) is 1.93. The maximum absolute atomic E-state index is 13.0. The fourth-order valence-electron chi connectivity index (χ4n) is 3.12. The molecule has 8 heteroatoms. The molecule has 1 aromatic heterocycles. The van der Waals surface area contributed by atoms with Crippen LogP contribution in [0.2, 0.25) is 0 Å². The van der Waals surface area contributed by atoms with Crippen LogP contribution < -0.4 is 5.32 Å². The van der Waals surface area contributed by atoms with Crippen molar-refractivity contribution in [1.82, 2.24) is 25.0 Å². The molecule has 0 saturated carbocycles. The molecule has 0 aliphatic carbocycles. The van der Waals surface area contributed by atoms with Crippen molar-refractivity contribution in [3.8, 4) is 0 Å². The Morgan fingerprint density at radius 2 is 1.81 bits per heavy atom. The molecule has 7 nitrogen and oxygen atoms in total. The van der Waals surface area contributed by atoms with Gasteiger partial charge >= 0.3 is 11.8 Å². The van der Waals surface area contributed by atoms with E-state index in [-0.39, 0.29) is 17.8 Å². The highest BCUT2D eigenvalue weighted by Crippen LogP contribution is 2.23. The SMILES string of the molecule is C[C@H](NC(=O)C(=O)N1CCn2c(nnc2C(C)(C)C)C1)c1ccc(F)cc1. The van der Waals surface area contributed by atoms with Crippen LogP contribution in [0, 0.1) is 5.82 Å². The second-order valence-corrected chi connectivity index (χ2v) is 7.81. The van der Waals surface area contributed by atoms with Crippen LogP contribution in [0.3, 0.4) is 0 Å². The second-order valence-electron chi connectivity index (χ2n) is 7.81. The minimum Gasteiger partial charge on any atom is -0.341 e. The normalized spacial score (nSPS) is 15.2. The van der Waals surface area contributed by atoms with Gasteiger partial charge in [-0.2, -0.15) is 0 Å². The molecule has 1 atom stereocenters. The first-order valence-corrected chi connectivity index (χ1v) is 8.94. The molecule has 1 N–H and O–H groups in total. The monoisotopic (exact) mass is 373 g/mol. The van der Waals surface area contributed by atoms with Crippen molar-refractivity contribution in [2.45, 2.75) is 52.2 Å². The first-order valence-electron chi connectivity index (χ1n) is 8.94. The van der Waals surface area contributed by atoms with Gasteiger partial charge in [0.2, 0.25) is 0 Å². The van der Waals surface area contributed by atoms with E-state index in [1.165, 1.54) is 17.0 Å². The van der Waals surface area contributed by atoms with E-state index in [0.717, 1.165) is 11.4 Å². The standard InChI is InChI=1S/C19H24FN5O2/c1-12(13-5-7-14(20)8-6-13)21-16(26)17(27)24-9-10-25-15(11-24)22-23-18(25)19(2,3)4/h5-8,12H,9-11H2,1-4H3,(H,21,26)/t12-/m0/s1. The number of carbonyl (C=O) groups is 2. The number of benzene rings is 1. The molecule has 2 amide bonds. The molecular formula is C19H24FN5O2. The Kier molecular flexibility index (Phi) is 4.99. The fraction of sp³-hybridized carbons (Fsp3) is 0.474. The minimum atomic E-state index is -0.684. The molecule has 1 aliphatic rings. The van der Waals surface area contributed by atoms with Gasteiger partial charge in [-0.05, 0) is 24.6 Å². The van der Waals surface area contributed by atoms with E-state index < -0.39 is 17.9 Å². The maximum Gasteiger partial charge on any atom is 0.312 e. The van der Waals surface area contributed by atoms with Crippen molar-refractivity contribution < 1.29 is 14.0 Å². The summed E-state index contributed by atoms with van der Waals surface area (Å²) in [5.41, 5.74) is 0.588. The van der Waals surface area contributed by atoms with E-state index in [1.54, 1.807) is 19.1 Å². The van der Waals surface area contributed by atoms with Gasteiger partial charge in [0.1, 0.15) is 11.6 Å². The van der Waals surface area contributed by atoms with E-state index in [9.17, 15) is 14.0 Å². The Morgan fingerprint density at radius 1 is 1.15 bits per heavy atom. The van der Waals surface area contributed by atoms with Crippen LogP contribution in [0.1, 0.15) is 50.9 Å². The molecule has 27 heavy (non-hydrogen) atoms. The van der Waals surface area contributed by atoms with Gasteiger partial charge < -0.3 is 14.8 Å². The Balaban J connectivity index is 1.65. The number of amides is 2. The predicted molar refractivity (Wildman–Crippen MR) is 97.1 cm³/mol. The number of aromatic nitrogens is 3. The number of nitrogens with zero attached hydrogens (tertiary/aromatic N) is 4. The Bertz CT molecular complexity index is 854. The summed E-state index contributed by atoms with van der Waals surface area (Å²) in [5.74, 6) is -0.0790. The van der Waals surface area contributed by atoms with Crippen molar-refractivity contribution in [1.29, 1.82) is 0 Å². The number of hydrogen-bond acceptors (Lipinski definition) is 4. The van der Waals surface area contributed by atoms with Gasteiger partial charge in [-0.25, -0.2) is 4.39 Å². The first kappa shape index (κ1) is 19.0. The van der Waals surface area contributed by atoms with Crippen molar-refractivity contribution in [3.05, 3.63) is 47.3 Å². The molecule has 0 bridgehead atoms. The van der Waals surface area contributed by atoms with Gasteiger partial charge in [0, 0.05) is 18.5 Å². The van der Waals surface area contributed by atoms with E-state index in [2.05, 4.69) is 36.3 Å². The summed E-state index contributed by atoms with van der Waals surface area (Å²) in [6.07, 6.45) is 0. The second kappa shape index (κ2) is 7.09. The first-order chi connectivity index (χ1) is 12.7. The highest BCUT2D eigenvalue weighted by Gasteiger charge is 2.31. The molecular weight excluding hydrogens is 349 g/mol. The molecule has 144 valence electrons. The average Bonchev–Trinajstić information content (AvgIpc) is 3.05. The van der Waals surface area contributed by atoms with Gasteiger partial charge in [0.05, 0.1) is 12.6 Å². The minimum absolute atomic E-state index is 0.139. The van der Waals surface area contributed by atoms with Crippen LogP contribution in [0.25, 0.3) is 0 Å². The Labute approximate surface area is 157 Å². The lowest BCUT2D eigenvalue weighted by Crippen LogP contribution is -2.47. The number of halogens is 1. The van der Waals surface area contributed by atoms with Gasteiger partial charge in [-0.15, -0.1) is 10.2 Å². The molecule has 1 aromatic carbocycles. The summed E-state index contributed by atoms with van der Waals surface area (Å²) in [4.78, 5) is 26.4. The maximum atomic E-state index is 13.0. The lowest BCUT2D eigenvalue weighted by atomic mass is 9.95. The van der Waals surface area contributed by atoms with Crippen LogP contribution in [-0.4, -0.2) is 38.0 Å². The average molecular weight is 373 g/mol. The Morgan fingerprint density at radius 3 is 2.44 bits per heavy atom. The van der Waals surface area contributed by atoms with Crippen LogP contribution in [-0.2, 0) is 28.1 Å². The summed E-state index contributed by atoms with van der Waals surface area (Å²) in [5, 5.41) is 11.1. The van der Waals surface area contributed by atoms with Crippen molar-refractivity contribution in [2.24, 2.45) is 0 Å². The van der Waals surface area contributed by atoms with Gasteiger partial charge in [0.15, 0.2) is 5.82 Å².